The molecule has 0 radical (unpaired) electrons. The van der Waals surface area contributed by atoms with Gasteiger partial charge in [0.15, 0.2) is 0 Å². The van der Waals surface area contributed by atoms with Gasteiger partial charge in [0.1, 0.15) is 0 Å². The molecule has 1 saturated carbocycles. The summed E-state index contributed by atoms with van der Waals surface area (Å²) in [5.41, 5.74) is 8.10. The first-order valence-corrected chi connectivity index (χ1v) is 9.23. The van der Waals surface area contributed by atoms with Crippen LogP contribution in [0, 0.1) is 6.92 Å². The van der Waals surface area contributed by atoms with Gasteiger partial charge in [-0.2, -0.15) is 0 Å². The van der Waals surface area contributed by atoms with E-state index in [-0.39, 0.29) is 17.7 Å². The Hall–Kier alpha value is -1.91. The molecule has 0 aliphatic heterocycles. The minimum atomic E-state index is -0.0979. The van der Waals surface area contributed by atoms with Crippen molar-refractivity contribution in [3.05, 3.63) is 70.1 Å². The summed E-state index contributed by atoms with van der Waals surface area (Å²) in [6.07, 6.45) is 6.54. The zero-order chi connectivity index (χ0) is 17.6. The van der Waals surface area contributed by atoms with Crippen molar-refractivity contribution < 1.29 is 4.74 Å². The average Bonchev–Trinajstić information content (AvgIpc) is 2.66. The number of aryl methyl sites for hydroxylation is 1. The van der Waals surface area contributed by atoms with Gasteiger partial charge in [0.2, 0.25) is 0 Å². The van der Waals surface area contributed by atoms with E-state index in [1.807, 2.05) is 25.3 Å². The van der Waals surface area contributed by atoms with Gasteiger partial charge in [-0.3, -0.25) is 4.79 Å². The molecule has 1 aliphatic carbocycles. The SMILES string of the molecule is Cc1cccn(C(CN)COC2CCC(c3ccccc3)CC2)c1=O. The highest BCUT2D eigenvalue weighted by molar-refractivity contribution is 5.19. The molecule has 134 valence electrons. The molecule has 0 spiro atoms. The summed E-state index contributed by atoms with van der Waals surface area (Å²) in [4.78, 5) is 12.3. The molecule has 1 aromatic heterocycles. The standard InChI is InChI=1S/C21H28N2O2/c1-16-6-5-13-23(21(16)24)19(14-22)15-25-20-11-9-18(10-12-20)17-7-3-2-4-8-17/h2-8,13,18-20H,9-12,14-15,22H2,1H3. The third-order valence-electron chi connectivity index (χ3n) is 5.30. The van der Waals surface area contributed by atoms with Gasteiger partial charge in [0.05, 0.1) is 18.8 Å². The van der Waals surface area contributed by atoms with Gasteiger partial charge >= 0.3 is 0 Å². The Balaban J connectivity index is 1.53. The highest BCUT2D eigenvalue weighted by atomic mass is 16.5. The zero-order valence-corrected chi connectivity index (χ0v) is 14.9. The van der Waals surface area contributed by atoms with Crippen LogP contribution >= 0.6 is 0 Å². The van der Waals surface area contributed by atoms with E-state index in [0.717, 1.165) is 31.2 Å². The van der Waals surface area contributed by atoms with Crippen LogP contribution < -0.4 is 11.3 Å². The quantitative estimate of drug-likeness (QED) is 0.877. The molecule has 1 aromatic carbocycles. The van der Waals surface area contributed by atoms with Gasteiger partial charge in [0, 0.05) is 18.3 Å². The van der Waals surface area contributed by atoms with Crippen molar-refractivity contribution in [2.45, 2.75) is 50.7 Å². The molecular formula is C21H28N2O2. The summed E-state index contributed by atoms with van der Waals surface area (Å²) in [6, 6.07) is 14.4. The van der Waals surface area contributed by atoms with Crippen LogP contribution in [0.25, 0.3) is 0 Å². The van der Waals surface area contributed by atoms with E-state index in [4.69, 9.17) is 10.5 Å². The van der Waals surface area contributed by atoms with Crippen molar-refractivity contribution >= 4 is 0 Å². The van der Waals surface area contributed by atoms with E-state index >= 15 is 0 Å². The molecule has 1 aliphatic rings. The van der Waals surface area contributed by atoms with Gasteiger partial charge in [-0.15, -0.1) is 0 Å². The van der Waals surface area contributed by atoms with Crippen LogP contribution in [-0.2, 0) is 4.74 Å². The Labute approximate surface area is 149 Å². The molecule has 2 aromatic rings. The predicted octanol–water partition coefficient (Wildman–Crippen LogP) is 3.40. The Bertz CT molecular complexity index is 718. The topological polar surface area (TPSA) is 57.2 Å². The molecule has 0 amide bonds. The first-order chi connectivity index (χ1) is 12.2. The molecule has 3 rings (SSSR count). The Morgan fingerprint density at radius 3 is 2.52 bits per heavy atom. The van der Waals surface area contributed by atoms with Crippen molar-refractivity contribution in [2.75, 3.05) is 13.2 Å². The summed E-state index contributed by atoms with van der Waals surface area (Å²) in [6.45, 7) is 2.74. The highest BCUT2D eigenvalue weighted by Crippen LogP contribution is 2.34. The minimum Gasteiger partial charge on any atom is -0.376 e. The van der Waals surface area contributed by atoms with E-state index in [9.17, 15) is 4.79 Å². The van der Waals surface area contributed by atoms with E-state index in [0.29, 0.717) is 19.1 Å². The highest BCUT2D eigenvalue weighted by Gasteiger charge is 2.23. The van der Waals surface area contributed by atoms with Crippen LogP contribution in [0.1, 0.15) is 48.8 Å². The number of ether oxygens (including phenoxy) is 1. The van der Waals surface area contributed by atoms with Crippen molar-refractivity contribution in [2.24, 2.45) is 5.73 Å². The van der Waals surface area contributed by atoms with Gasteiger partial charge in [-0.25, -0.2) is 0 Å². The van der Waals surface area contributed by atoms with Crippen LogP contribution in [-0.4, -0.2) is 23.8 Å². The zero-order valence-electron chi connectivity index (χ0n) is 14.9. The Kier molecular flexibility index (Phi) is 6.05. The number of aromatic nitrogens is 1. The maximum absolute atomic E-state index is 12.3. The number of nitrogens with two attached hydrogens (primary N) is 1. The Morgan fingerprint density at radius 2 is 1.84 bits per heavy atom. The second-order valence-corrected chi connectivity index (χ2v) is 7.01. The maximum Gasteiger partial charge on any atom is 0.253 e. The monoisotopic (exact) mass is 340 g/mol. The van der Waals surface area contributed by atoms with Crippen LogP contribution in [0.3, 0.4) is 0 Å². The van der Waals surface area contributed by atoms with Gasteiger partial charge in [-0.1, -0.05) is 36.4 Å². The predicted molar refractivity (Wildman–Crippen MR) is 101 cm³/mol. The molecule has 0 bridgehead atoms. The summed E-state index contributed by atoms with van der Waals surface area (Å²) >= 11 is 0. The molecule has 1 heterocycles. The largest absolute Gasteiger partial charge is 0.376 e. The molecule has 25 heavy (non-hydrogen) atoms. The van der Waals surface area contributed by atoms with Crippen LogP contribution in [0.4, 0.5) is 0 Å². The lowest BCUT2D eigenvalue weighted by Crippen LogP contribution is -2.34. The second kappa shape index (κ2) is 8.45. The van der Waals surface area contributed by atoms with Gasteiger partial charge < -0.3 is 15.0 Å². The minimum absolute atomic E-state index is 0.0225. The summed E-state index contributed by atoms with van der Waals surface area (Å²) in [5, 5.41) is 0. The van der Waals surface area contributed by atoms with Crippen molar-refractivity contribution in [1.82, 2.24) is 4.57 Å². The fourth-order valence-corrected chi connectivity index (χ4v) is 3.71. The van der Waals surface area contributed by atoms with E-state index in [1.165, 1.54) is 5.56 Å². The maximum atomic E-state index is 12.3. The molecule has 1 unspecified atom stereocenters. The van der Waals surface area contributed by atoms with E-state index in [1.54, 1.807) is 4.57 Å². The number of pyridine rings is 1. The summed E-state index contributed by atoms with van der Waals surface area (Å²) in [5.74, 6) is 0.644. The third kappa shape index (κ3) is 4.39. The fourth-order valence-electron chi connectivity index (χ4n) is 3.71. The molecule has 1 fully saturated rings. The van der Waals surface area contributed by atoms with Gasteiger partial charge in [0.25, 0.3) is 5.56 Å². The normalized spacial score (nSPS) is 21.8. The number of hydrogen-bond donors (Lipinski definition) is 1. The molecule has 4 heteroatoms. The molecule has 1 atom stereocenters. The molecule has 4 nitrogen and oxygen atoms in total. The summed E-state index contributed by atoms with van der Waals surface area (Å²) in [7, 11) is 0. The van der Waals surface area contributed by atoms with Crippen LogP contribution in [0.15, 0.2) is 53.5 Å². The lowest BCUT2D eigenvalue weighted by molar-refractivity contribution is 0.00784. The molecule has 0 saturated heterocycles. The lowest BCUT2D eigenvalue weighted by atomic mass is 9.83. The fraction of sp³-hybridized carbons (Fsp3) is 0.476. The number of benzene rings is 1. The van der Waals surface area contributed by atoms with E-state index in [2.05, 4.69) is 30.3 Å². The lowest BCUT2D eigenvalue weighted by Gasteiger charge is -2.30. The summed E-state index contributed by atoms with van der Waals surface area (Å²) < 4.78 is 7.84. The first-order valence-electron chi connectivity index (χ1n) is 9.23. The Morgan fingerprint density at radius 1 is 1.12 bits per heavy atom. The molecule has 2 N–H and O–H groups in total. The number of hydrogen-bond acceptors (Lipinski definition) is 3. The smallest absolute Gasteiger partial charge is 0.253 e. The van der Waals surface area contributed by atoms with Crippen LogP contribution in [0.5, 0.6) is 0 Å². The number of rotatable bonds is 6. The number of nitrogens with zero attached hydrogens (tertiary/aromatic N) is 1. The third-order valence-corrected chi connectivity index (χ3v) is 5.30. The van der Waals surface area contributed by atoms with Crippen LogP contribution in [0.2, 0.25) is 0 Å². The van der Waals surface area contributed by atoms with Crippen molar-refractivity contribution in [1.29, 1.82) is 0 Å². The molecular weight excluding hydrogens is 312 g/mol. The first kappa shape index (κ1) is 17.9. The van der Waals surface area contributed by atoms with Crippen molar-refractivity contribution in [3.8, 4) is 0 Å². The van der Waals surface area contributed by atoms with E-state index < -0.39 is 0 Å². The average molecular weight is 340 g/mol. The van der Waals surface area contributed by atoms with Crippen molar-refractivity contribution in [3.63, 3.8) is 0 Å². The second-order valence-electron chi connectivity index (χ2n) is 7.01. The van der Waals surface area contributed by atoms with Gasteiger partial charge in [-0.05, 0) is 50.2 Å².